The van der Waals surface area contributed by atoms with Crippen LogP contribution < -0.4 is 14.8 Å². The number of halogens is 1. The van der Waals surface area contributed by atoms with Gasteiger partial charge in [0.05, 0.1) is 12.2 Å². The van der Waals surface area contributed by atoms with Gasteiger partial charge in [-0.2, -0.15) is 0 Å². The molecule has 0 radical (unpaired) electrons. The van der Waals surface area contributed by atoms with E-state index in [0.29, 0.717) is 6.54 Å². The van der Waals surface area contributed by atoms with Gasteiger partial charge in [-0.1, -0.05) is 6.07 Å². The Morgan fingerprint density at radius 3 is 2.75 bits per heavy atom. The van der Waals surface area contributed by atoms with Crippen molar-refractivity contribution in [1.29, 1.82) is 0 Å². The topological polar surface area (TPSA) is 43.4 Å². The maximum absolute atomic E-state index is 5.72. The molecule has 0 saturated carbocycles. The average molecular weight is 335 g/mol. The van der Waals surface area contributed by atoms with E-state index >= 15 is 0 Å². The fourth-order valence-corrected chi connectivity index (χ4v) is 2.45. The van der Waals surface area contributed by atoms with Crippen LogP contribution in [0, 0.1) is 0 Å². The number of aromatic nitrogens is 1. The number of fused-ring (bicyclic) bond motifs is 1. The fourth-order valence-electron chi connectivity index (χ4n) is 2.07. The summed E-state index contributed by atoms with van der Waals surface area (Å²) in [5.41, 5.74) is 1.95. The standard InChI is InChI=1S/C15H15BrN2O2/c1-15(2)19-12-7-6-10(8-13(12)20-15)17-9-11-4-3-5-14(16)18-11/h3-8,17H,9H2,1-2H3. The third-order valence-electron chi connectivity index (χ3n) is 2.90. The Kier molecular flexibility index (Phi) is 3.30. The Labute approximate surface area is 126 Å². The molecule has 3 rings (SSSR count). The molecule has 1 N–H and O–H groups in total. The Hall–Kier alpha value is -1.75. The highest BCUT2D eigenvalue weighted by molar-refractivity contribution is 9.10. The average Bonchev–Trinajstić information content (AvgIpc) is 2.69. The first-order valence-electron chi connectivity index (χ1n) is 6.39. The summed E-state index contributed by atoms with van der Waals surface area (Å²) in [6.07, 6.45) is 0. The van der Waals surface area contributed by atoms with Gasteiger partial charge in [-0.05, 0) is 40.2 Å². The van der Waals surface area contributed by atoms with E-state index in [4.69, 9.17) is 9.47 Å². The first-order chi connectivity index (χ1) is 9.52. The van der Waals surface area contributed by atoms with Crippen LogP contribution in [0.3, 0.4) is 0 Å². The van der Waals surface area contributed by atoms with Crippen LogP contribution in [0.25, 0.3) is 0 Å². The number of rotatable bonds is 3. The van der Waals surface area contributed by atoms with Gasteiger partial charge in [-0.25, -0.2) is 4.98 Å². The lowest BCUT2D eigenvalue weighted by Crippen LogP contribution is -2.29. The van der Waals surface area contributed by atoms with E-state index in [1.165, 1.54) is 0 Å². The van der Waals surface area contributed by atoms with E-state index in [-0.39, 0.29) is 0 Å². The Bertz CT molecular complexity index is 644. The van der Waals surface area contributed by atoms with Crippen molar-refractivity contribution in [3.63, 3.8) is 0 Å². The van der Waals surface area contributed by atoms with E-state index in [1.54, 1.807) is 0 Å². The molecule has 1 aliphatic rings. The monoisotopic (exact) mass is 334 g/mol. The van der Waals surface area contributed by atoms with Gasteiger partial charge in [0.15, 0.2) is 11.5 Å². The van der Waals surface area contributed by atoms with Gasteiger partial charge in [0, 0.05) is 25.6 Å². The SMILES string of the molecule is CC1(C)Oc2ccc(NCc3cccc(Br)n3)cc2O1. The van der Waals surface area contributed by atoms with Crippen molar-refractivity contribution in [2.45, 2.75) is 26.2 Å². The molecular weight excluding hydrogens is 320 g/mol. The Morgan fingerprint density at radius 2 is 1.95 bits per heavy atom. The molecule has 0 aliphatic carbocycles. The van der Waals surface area contributed by atoms with E-state index in [0.717, 1.165) is 27.5 Å². The van der Waals surface area contributed by atoms with Crippen molar-refractivity contribution in [2.75, 3.05) is 5.32 Å². The van der Waals surface area contributed by atoms with E-state index in [2.05, 4.69) is 26.2 Å². The van der Waals surface area contributed by atoms with Crippen LogP contribution in [-0.2, 0) is 6.54 Å². The van der Waals surface area contributed by atoms with Gasteiger partial charge in [0.25, 0.3) is 0 Å². The molecule has 5 heteroatoms. The zero-order valence-corrected chi connectivity index (χ0v) is 12.9. The highest BCUT2D eigenvalue weighted by Crippen LogP contribution is 2.40. The predicted octanol–water partition coefficient (Wildman–Crippen LogP) is 3.96. The van der Waals surface area contributed by atoms with Crippen molar-refractivity contribution < 1.29 is 9.47 Å². The third-order valence-corrected chi connectivity index (χ3v) is 3.34. The van der Waals surface area contributed by atoms with Crippen LogP contribution in [-0.4, -0.2) is 10.8 Å². The minimum atomic E-state index is -0.590. The quantitative estimate of drug-likeness (QED) is 0.862. The van der Waals surface area contributed by atoms with Crippen molar-refractivity contribution in [3.8, 4) is 11.5 Å². The first-order valence-corrected chi connectivity index (χ1v) is 7.18. The van der Waals surface area contributed by atoms with Crippen LogP contribution >= 0.6 is 15.9 Å². The molecule has 20 heavy (non-hydrogen) atoms. The van der Waals surface area contributed by atoms with Gasteiger partial charge in [-0.3, -0.25) is 0 Å². The molecule has 1 aliphatic heterocycles. The second-order valence-corrected chi connectivity index (χ2v) is 5.88. The summed E-state index contributed by atoms with van der Waals surface area (Å²) in [6.45, 7) is 4.44. The molecule has 2 heterocycles. The van der Waals surface area contributed by atoms with Crippen molar-refractivity contribution in [2.24, 2.45) is 0 Å². The second-order valence-electron chi connectivity index (χ2n) is 5.07. The zero-order chi connectivity index (χ0) is 14.2. The van der Waals surface area contributed by atoms with Gasteiger partial charge in [0.1, 0.15) is 4.60 Å². The molecule has 1 aromatic carbocycles. The predicted molar refractivity (Wildman–Crippen MR) is 81.0 cm³/mol. The van der Waals surface area contributed by atoms with Crippen molar-refractivity contribution in [1.82, 2.24) is 4.98 Å². The highest BCUT2D eigenvalue weighted by Gasteiger charge is 2.31. The van der Waals surface area contributed by atoms with Gasteiger partial charge < -0.3 is 14.8 Å². The molecule has 4 nitrogen and oxygen atoms in total. The molecule has 0 unspecified atom stereocenters. The van der Waals surface area contributed by atoms with Crippen LogP contribution in [0.1, 0.15) is 19.5 Å². The number of hydrogen-bond donors (Lipinski definition) is 1. The molecule has 1 aromatic heterocycles. The number of anilines is 1. The van der Waals surface area contributed by atoms with Crippen LogP contribution in [0.4, 0.5) is 5.69 Å². The second kappa shape index (κ2) is 4.98. The Balaban J connectivity index is 1.71. The highest BCUT2D eigenvalue weighted by atomic mass is 79.9. The summed E-state index contributed by atoms with van der Waals surface area (Å²) in [6, 6.07) is 11.7. The van der Waals surface area contributed by atoms with Crippen LogP contribution in [0.5, 0.6) is 11.5 Å². The van der Waals surface area contributed by atoms with Crippen molar-refractivity contribution in [3.05, 3.63) is 46.7 Å². The molecular formula is C15H15BrN2O2. The molecule has 0 atom stereocenters. The summed E-state index contributed by atoms with van der Waals surface area (Å²) in [5.74, 6) is 0.954. The summed E-state index contributed by atoms with van der Waals surface area (Å²) in [7, 11) is 0. The summed E-state index contributed by atoms with van der Waals surface area (Å²) >= 11 is 3.37. The third kappa shape index (κ3) is 2.88. The molecule has 104 valence electrons. The minimum absolute atomic E-state index is 0.590. The summed E-state index contributed by atoms with van der Waals surface area (Å²) < 4.78 is 12.2. The van der Waals surface area contributed by atoms with Gasteiger partial charge in [-0.15, -0.1) is 0 Å². The molecule has 0 saturated heterocycles. The fraction of sp³-hybridized carbons (Fsp3) is 0.267. The molecule has 0 amide bonds. The first kappa shape index (κ1) is 13.2. The normalized spacial score (nSPS) is 15.2. The minimum Gasteiger partial charge on any atom is -0.449 e. The lowest BCUT2D eigenvalue weighted by Gasteiger charge is -2.16. The molecule has 0 bridgehead atoms. The van der Waals surface area contributed by atoms with E-state index < -0.39 is 5.79 Å². The number of ether oxygens (including phenoxy) is 2. The maximum Gasteiger partial charge on any atom is 0.246 e. The van der Waals surface area contributed by atoms with E-state index in [1.807, 2.05) is 50.2 Å². The zero-order valence-electron chi connectivity index (χ0n) is 11.3. The van der Waals surface area contributed by atoms with Crippen molar-refractivity contribution >= 4 is 21.6 Å². The number of pyridine rings is 1. The van der Waals surface area contributed by atoms with E-state index in [9.17, 15) is 0 Å². The lowest BCUT2D eigenvalue weighted by atomic mass is 10.2. The number of benzene rings is 1. The van der Waals surface area contributed by atoms with Gasteiger partial charge in [0.2, 0.25) is 5.79 Å². The number of nitrogens with one attached hydrogen (secondary N) is 1. The number of nitrogens with zero attached hydrogens (tertiary/aromatic N) is 1. The van der Waals surface area contributed by atoms with Crippen LogP contribution in [0.15, 0.2) is 41.0 Å². The largest absolute Gasteiger partial charge is 0.449 e. The maximum atomic E-state index is 5.72. The lowest BCUT2D eigenvalue weighted by molar-refractivity contribution is -0.0431. The molecule has 0 fully saturated rings. The molecule has 2 aromatic rings. The van der Waals surface area contributed by atoms with Crippen LogP contribution in [0.2, 0.25) is 0 Å². The Morgan fingerprint density at radius 1 is 1.15 bits per heavy atom. The summed E-state index contributed by atoms with van der Waals surface area (Å²) in [5, 5.41) is 3.33. The number of hydrogen-bond acceptors (Lipinski definition) is 4. The van der Waals surface area contributed by atoms with Gasteiger partial charge >= 0.3 is 0 Å². The molecule has 0 spiro atoms. The summed E-state index contributed by atoms with van der Waals surface area (Å²) in [4.78, 5) is 4.38. The smallest absolute Gasteiger partial charge is 0.246 e.